The number of aryl methyl sites for hydroxylation is 1. The van der Waals surface area contributed by atoms with Gasteiger partial charge in [-0.25, -0.2) is 9.98 Å². The molecule has 4 heterocycles. The van der Waals surface area contributed by atoms with Crippen LogP contribution in [-0.4, -0.2) is 77.0 Å². The molecular weight excluding hydrogens is 380 g/mol. The lowest BCUT2D eigenvalue weighted by Crippen LogP contribution is -2.50. The molecule has 1 N–H and O–H groups in total. The first-order chi connectivity index (χ1) is 14.7. The van der Waals surface area contributed by atoms with Crippen LogP contribution in [-0.2, 0) is 16.1 Å². The Kier molecular flexibility index (Phi) is 6.52. The number of rotatable bonds is 4. The second-order valence-corrected chi connectivity index (χ2v) is 8.00. The number of nitrogens with zero attached hydrogens (tertiary/aromatic N) is 5. The lowest BCUT2D eigenvalue weighted by atomic mass is 9.95. The van der Waals surface area contributed by atoms with E-state index in [1.54, 1.807) is 0 Å². The number of piperidine rings is 1. The third-order valence-corrected chi connectivity index (χ3v) is 5.94. The van der Waals surface area contributed by atoms with Crippen molar-refractivity contribution in [3.05, 3.63) is 35.8 Å². The smallest absolute Gasteiger partial charge is 0.225 e. The largest absolute Gasteiger partial charge is 0.378 e. The van der Waals surface area contributed by atoms with Gasteiger partial charge >= 0.3 is 0 Å². The number of hydrogen-bond donors (Lipinski definition) is 1. The van der Waals surface area contributed by atoms with Crippen molar-refractivity contribution in [2.24, 2.45) is 10.9 Å². The van der Waals surface area contributed by atoms with Crippen LogP contribution in [0.15, 0.2) is 29.4 Å². The molecule has 162 valence electrons. The number of aromatic nitrogens is 2. The highest BCUT2D eigenvalue weighted by Crippen LogP contribution is 2.20. The van der Waals surface area contributed by atoms with Crippen molar-refractivity contribution >= 4 is 17.5 Å². The Hall–Kier alpha value is -2.61. The molecule has 0 atom stereocenters. The van der Waals surface area contributed by atoms with Gasteiger partial charge < -0.3 is 24.3 Å². The van der Waals surface area contributed by atoms with E-state index >= 15 is 0 Å². The van der Waals surface area contributed by atoms with Gasteiger partial charge in [0.25, 0.3) is 0 Å². The highest BCUT2D eigenvalue weighted by Gasteiger charge is 2.30. The molecule has 30 heavy (non-hydrogen) atoms. The van der Waals surface area contributed by atoms with Gasteiger partial charge in [-0.05, 0) is 38.8 Å². The van der Waals surface area contributed by atoms with Crippen molar-refractivity contribution in [1.82, 2.24) is 24.5 Å². The Morgan fingerprint density at radius 2 is 1.97 bits per heavy atom. The minimum Gasteiger partial charge on any atom is -0.378 e. The molecule has 8 nitrogen and oxygen atoms in total. The van der Waals surface area contributed by atoms with Gasteiger partial charge in [-0.1, -0.05) is 6.07 Å². The predicted molar refractivity (Wildman–Crippen MR) is 116 cm³/mol. The number of likely N-dealkylation sites (tertiary alicyclic amines) is 1. The second-order valence-electron chi connectivity index (χ2n) is 8.00. The van der Waals surface area contributed by atoms with Crippen LogP contribution in [0.4, 0.5) is 0 Å². The number of nitrogens with one attached hydrogen (secondary N) is 1. The van der Waals surface area contributed by atoms with E-state index in [9.17, 15) is 4.79 Å². The first-order valence-electron chi connectivity index (χ1n) is 11.0. The zero-order valence-corrected chi connectivity index (χ0v) is 18.0. The van der Waals surface area contributed by atoms with E-state index in [4.69, 9.17) is 9.73 Å². The van der Waals surface area contributed by atoms with Crippen molar-refractivity contribution in [2.45, 2.75) is 33.2 Å². The minimum atomic E-state index is 0.114. The van der Waals surface area contributed by atoms with Gasteiger partial charge in [-0.3, -0.25) is 4.79 Å². The topological polar surface area (TPSA) is 74.5 Å². The van der Waals surface area contributed by atoms with Crippen molar-refractivity contribution < 1.29 is 9.53 Å². The van der Waals surface area contributed by atoms with E-state index in [0.717, 1.165) is 68.6 Å². The summed E-state index contributed by atoms with van der Waals surface area (Å²) in [5.74, 6) is 1.31. The maximum absolute atomic E-state index is 12.8. The molecule has 0 bridgehead atoms. The minimum absolute atomic E-state index is 0.114. The van der Waals surface area contributed by atoms with Crippen LogP contribution in [0.5, 0.6) is 0 Å². The number of hydrogen-bond acceptors (Lipinski definition) is 4. The summed E-state index contributed by atoms with van der Waals surface area (Å²) in [6.07, 6.45) is 3.80. The molecule has 0 saturated carbocycles. The highest BCUT2D eigenvalue weighted by molar-refractivity contribution is 5.82. The van der Waals surface area contributed by atoms with Crippen LogP contribution in [0.3, 0.4) is 0 Å². The van der Waals surface area contributed by atoms with Crippen LogP contribution in [0.25, 0.3) is 5.65 Å². The molecule has 2 aliphatic rings. The fourth-order valence-corrected chi connectivity index (χ4v) is 4.24. The molecule has 0 aliphatic carbocycles. The number of morpholine rings is 1. The molecule has 1 amide bonds. The van der Waals surface area contributed by atoms with Gasteiger partial charge in [0.1, 0.15) is 5.65 Å². The summed E-state index contributed by atoms with van der Waals surface area (Å²) in [6, 6.07) is 6.12. The van der Waals surface area contributed by atoms with Gasteiger partial charge in [0, 0.05) is 50.5 Å². The first-order valence-corrected chi connectivity index (χ1v) is 11.0. The maximum Gasteiger partial charge on any atom is 0.225 e. The Morgan fingerprint density at radius 1 is 1.20 bits per heavy atom. The molecule has 2 aromatic heterocycles. The number of aliphatic imine (C=N–C) groups is 1. The first kappa shape index (κ1) is 20.7. The molecule has 0 spiro atoms. The monoisotopic (exact) mass is 412 g/mol. The number of carbonyl (C=O) groups is 1. The van der Waals surface area contributed by atoms with Crippen molar-refractivity contribution in [1.29, 1.82) is 0 Å². The van der Waals surface area contributed by atoms with E-state index in [0.29, 0.717) is 25.7 Å². The Morgan fingerprint density at radius 3 is 2.67 bits per heavy atom. The van der Waals surface area contributed by atoms with Crippen LogP contribution in [0, 0.1) is 12.8 Å². The molecule has 2 fully saturated rings. The molecule has 8 heteroatoms. The zero-order chi connectivity index (χ0) is 20.9. The number of carbonyl (C=O) groups excluding carboxylic acids is 1. The summed E-state index contributed by atoms with van der Waals surface area (Å²) in [7, 11) is 0. The number of fused-ring (bicyclic) bond motifs is 1. The van der Waals surface area contributed by atoms with Crippen molar-refractivity contribution in [3.63, 3.8) is 0 Å². The van der Waals surface area contributed by atoms with Crippen LogP contribution in [0.1, 0.15) is 31.2 Å². The fraction of sp³-hybridized carbons (Fsp3) is 0.591. The maximum atomic E-state index is 12.8. The SMILES string of the molecule is CCNC(=NCc1cn2c(C)cccc2n1)N1CCC(C(=O)N2CCOCC2)CC1. The normalized spacial score (nSPS) is 18.8. The summed E-state index contributed by atoms with van der Waals surface area (Å²) < 4.78 is 7.47. The molecule has 0 aromatic carbocycles. The van der Waals surface area contributed by atoms with Gasteiger partial charge in [0.05, 0.1) is 25.5 Å². The number of ether oxygens (including phenoxy) is 1. The van der Waals surface area contributed by atoms with Crippen LogP contribution in [0.2, 0.25) is 0 Å². The van der Waals surface area contributed by atoms with E-state index in [1.165, 1.54) is 0 Å². The standard InChI is InChI=1S/C22H32N6O2/c1-3-23-22(24-15-19-16-28-17(2)5-4-6-20(28)25-19)27-9-7-18(8-10-27)21(29)26-11-13-30-14-12-26/h4-6,16,18H,3,7-15H2,1-2H3,(H,23,24). The average Bonchev–Trinajstić information content (AvgIpc) is 3.21. The van der Waals surface area contributed by atoms with Crippen molar-refractivity contribution in [3.8, 4) is 0 Å². The summed E-state index contributed by atoms with van der Waals surface area (Å²) >= 11 is 0. The number of imidazole rings is 1. The summed E-state index contributed by atoms with van der Waals surface area (Å²) in [6.45, 7) is 9.96. The third-order valence-electron chi connectivity index (χ3n) is 5.94. The predicted octanol–water partition coefficient (Wildman–Crippen LogP) is 1.68. The molecule has 4 rings (SSSR count). The zero-order valence-electron chi connectivity index (χ0n) is 18.0. The van der Waals surface area contributed by atoms with E-state index < -0.39 is 0 Å². The van der Waals surface area contributed by atoms with Gasteiger partial charge in [-0.15, -0.1) is 0 Å². The number of guanidine groups is 1. The lowest BCUT2D eigenvalue weighted by Gasteiger charge is -2.36. The fourth-order valence-electron chi connectivity index (χ4n) is 4.24. The molecule has 2 aromatic rings. The highest BCUT2D eigenvalue weighted by atomic mass is 16.5. The second kappa shape index (κ2) is 9.47. The van der Waals surface area contributed by atoms with Gasteiger partial charge in [0.2, 0.25) is 5.91 Å². The quantitative estimate of drug-likeness (QED) is 0.611. The molecule has 0 unspecified atom stereocenters. The summed E-state index contributed by atoms with van der Waals surface area (Å²) in [5, 5.41) is 3.40. The molecule has 2 saturated heterocycles. The lowest BCUT2D eigenvalue weighted by molar-refractivity contribution is -0.140. The Balaban J connectivity index is 1.38. The van der Waals surface area contributed by atoms with Crippen LogP contribution >= 0.6 is 0 Å². The van der Waals surface area contributed by atoms with Gasteiger partial charge in [-0.2, -0.15) is 0 Å². The molecule has 0 radical (unpaired) electrons. The number of pyridine rings is 1. The number of amides is 1. The molecule has 2 aliphatic heterocycles. The van der Waals surface area contributed by atoms with E-state index in [2.05, 4.69) is 45.7 Å². The average molecular weight is 413 g/mol. The Labute approximate surface area is 177 Å². The van der Waals surface area contributed by atoms with Gasteiger partial charge in [0.15, 0.2) is 5.96 Å². The summed E-state index contributed by atoms with van der Waals surface area (Å²) in [4.78, 5) is 26.5. The van der Waals surface area contributed by atoms with E-state index in [1.807, 2.05) is 17.0 Å². The Bertz CT molecular complexity index is 894. The van der Waals surface area contributed by atoms with Crippen LogP contribution < -0.4 is 5.32 Å². The molecular formula is C22H32N6O2. The van der Waals surface area contributed by atoms with E-state index in [-0.39, 0.29) is 5.92 Å². The van der Waals surface area contributed by atoms with Crippen molar-refractivity contribution in [2.75, 3.05) is 45.9 Å². The third kappa shape index (κ3) is 4.59. The summed E-state index contributed by atoms with van der Waals surface area (Å²) in [5.41, 5.74) is 3.07.